The Morgan fingerprint density at radius 2 is 1.64 bits per heavy atom. The van der Waals surface area contributed by atoms with E-state index < -0.39 is 16.7 Å². The molecule has 0 amide bonds. The fourth-order valence-corrected chi connectivity index (χ4v) is 8.45. The van der Waals surface area contributed by atoms with Crippen LogP contribution in [-0.4, -0.2) is 27.6 Å². The number of rotatable bonds is 1. The Balaban J connectivity index is 1.64. The highest BCUT2D eigenvalue weighted by atomic mass is 16.6. The molecule has 1 N–H and O–H groups in total. The molecule has 2 aliphatic rings. The van der Waals surface area contributed by atoms with Gasteiger partial charge in [-0.1, -0.05) is 48.0 Å². The lowest BCUT2D eigenvalue weighted by molar-refractivity contribution is -0.743. The Bertz CT molecular complexity index is 2110. The topological polar surface area (TPSA) is 51.2 Å². The van der Waals surface area contributed by atoms with E-state index in [1.165, 1.54) is 43.8 Å². The number of fused-ring (bicyclic) bond motifs is 14. The summed E-state index contributed by atoms with van der Waals surface area (Å²) < 4.78 is 10.5. The van der Waals surface area contributed by atoms with Crippen LogP contribution in [0.3, 0.4) is 0 Å². The van der Waals surface area contributed by atoms with Crippen molar-refractivity contribution in [2.24, 2.45) is 7.05 Å². The maximum Gasteiger partial charge on any atom is 0.288 e. The Labute approximate surface area is 227 Å². The predicted octanol–water partition coefficient (Wildman–Crippen LogP) is 6.25. The molecule has 0 spiro atoms. The van der Waals surface area contributed by atoms with E-state index in [4.69, 9.17) is 9.72 Å². The predicted molar refractivity (Wildman–Crippen MR) is 156 cm³/mol. The SMILES string of the molecule is COC1(O)C2(C)c3c(cc(C)c4c(C)cc(C)cc34)-c3c4c(nc[n+]3C12C)c1ccc2ccccc2c1n4C. The summed E-state index contributed by atoms with van der Waals surface area (Å²) in [7, 11) is 3.77. The molecule has 0 bridgehead atoms. The van der Waals surface area contributed by atoms with E-state index in [9.17, 15) is 5.11 Å². The van der Waals surface area contributed by atoms with E-state index in [0.717, 1.165) is 33.2 Å². The van der Waals surface area contributed by atoms with Crippen molar-refractivity contribution in [1.82, 2.24) is 9.55 Å². The second-order valence-corrected chi connectivity index (χ2v) is 12.1. The molecule has 3 heterocycles. The molecular formula is C34H32N3O2+. The van der Waals surface area contributed by atoms with E-state index in [2.05, 4.69) is 105 Å². The van der Waals surface area contributed by atoms with E-state index in [1.54, 1.807) is 7.11 Å². The standard InChI is InChI=1S/C34H32N3O2/c1-18-14-19(2)26-20(3)16-25-27(24(26)15-18)32(4)33(5,34(32,38)39-7)37-17-35-28-23-13-12-21-10-8-9-11-22(21)29(23)36(6)31(28)30(25)37/h8-17,38H,1-7H3/q+1. The number of aliphatic hydroxyl groups is 1. The molecule has 1 aliphatic carbocycles. The first-order chi connectivity index (χ1) is 18.6. The van der Waals surface area contributed by atoms with Gasteiger partial charge in [-0.15, -0.1) is 0 Å². The minimum absolute atomic E-state index is 0.666. The largest absolute Gasteiger partial charge is 0.361 e. The van der Waals surface area contributed by atoms with Gasteiger partial charge in [0, 0.05) is 25.1 Å². The van der Waals surface area contributed by atoms with Gasteiger partial charge in [-0.2, -0.15) is 0 Å². The van der Waals surface area contributed by atoms with Crippen LogP contribution in [0.1, 0.15) is 36.1 Å². The monoisotopic (exact) mass is 514 g/mol. The zero-order chi connectivity index (χ0) is 27.2. The Hall–Kier alpha value is -3.80. The summed E-state index contributed by atoms with van der Waals surface area (Å²) in [4.78, 5) is 5.06. The number of methoxy groups -OCH3 is 1. The Morgan fingerprint density at radius 1 is 0.897 bits per heavy atom. The quantitative estimate of drug-likeness (QED) is 0.209. The Morgan fingerprint density at radius 3 is 2.41 bits per heavy atom. The summed E-state index contributed by atoms with van der Waals surface area (Å²) >= 11 is 0. The normalized spacial score (nSPS) is 25.3. The molecule has 3 atom stereocenters. The third-order valence-corrected chi connectivity index (χ3v) is 10.4. The van der Waals surface area contributed by atoms with Crippen molar-refractivity contribution in [3.8, 4) is 11.3 Å². The van der Waals surface area contributed by atoms with Crippen LogP contribution in [0.15, 0.2) is 60.9 Å². The van der Waals surface area contributed by atoms with Crippen LogP contribution < -0.4 is 4.57 Å². The molecule has 1 fully saturated rings. The molecule has 5 heteroatoms. The lowest BCUT2D eigenvalue weighted by Gasteiger charge is -2.29. The van der Waals surface area contributed by atoms with E-state index >= 15 is 0 Å². The van der Waals surface area contributed by atoms with Crippen LogP contribution in [-0.2, 0) is 22.7 Å². The summed E-state index contributed by atoms with van der Waals surface area (Å²) in [5, 5.41) is 18.2. The lowest BCUT2D eigenvalue weighted by Crippen LogP contribution is -2.55. The number of hydrogen-bond donors (Lipinski definition) is 1. The molecule has 4 aromatic carbocycles. The van der Waals surface area contributed by atoms with E-state index in [0.29, 0.717) is 0 Å². The molecule has 3 unspecified atom stereocenters. The molecule has 0 radical (unpaired) electrons. The molecule has 1 aliphatic heterocycles. The first kappa shape index (κ1) is 23.1. The van der Waals surface area contributed by atoms with Crippen LogP contribution in [0, 0.1) is 20.8 Å². The fraction of sp³-hybridized carbons (Fsp3) is 0.294. The van der Waals surface area contributed by atoms with Gasteiger partial charge < -0.3 is 14.4 Å². The second kappa shape index (κ2) is 6.85. The minimum Gasteiger partial charge on any atom is -0.361 e. The van der Waals surface area contributed by atoms with Gasteiger partial charge in [0.1, 0.15) is 10.9 Å². The molecule has 2 aromatic heterocycles. The number of benzene rings is 4. The van der Waals surface area contributed by atoms with Crippen molar-refractivity contribution in [2.45, 2.75) is 51.4 Å². The number of ether oxygens (including phenoxy) is 1. The number of aryl methyl sites for hydroxylation is 4. The van der Waals surface area contributed by atoms with Crippen LogP contribution >= 0.6 is 0 Å². The van der Waals surface area contributed by atoms with Gasteiger partial charge in [-0.25, -0.2) is 4.57 Å². The zero-order valence-corrected chi connectivity index (χ0v) is 23.5. The van der Waals surface area contributed by atoms with Crippen LogP contribution in [0.25, 0.3) is 54.7 Å². The summed E-state index contributed by atoms with van der Waals surface area (Å²) in [6.07, 6.45) is 1.92. The molecular weight excluding hydrogens is 482 g/mol. The summed E-state index contributed by atoms with van der Waals surface area (Å²) in [6, 6.07) is 19.8. The molecule has 1 saturated carbocycles. The average Bonchev–Trinajstić information content (AvgIpc) is 3.15. The van der Waals surface area contributed by atoms with Crippen molar-refractivity contribution in [3.63, 3.8) is 0 Å². The molecule has 39 heavy (non-hydrogen) atoms. The van der Waals surface area contributed by atoms with Crippen molar-refractivity contribution in [2.75, 3.05) is 7.11 Å². The molecule has 0 saturated heterocycles. The summed E-state index contributed by atoms with van der Waals surface area (Å²) in [5.74, 6) is -1.39. The van der Waals surface area contributed by atoms with Crippen molar-refractivity contribution < 1.29 is 14.4 Å². The fourth-order valence-electron chi connectivity index (χ4n) is 8.45. The second-order valence-electron chi connectivity index (χ2n) is 12.1. The third kappa shape index (κ3) is 2.26. The van der Waals surface area contributed by atoms with Crippen molar-refractivity contribution >= 4 is 43.5 Å². The third-order valence-electron chi connectivity index (χ3n) is 10.4. The summed E-state index contributed by atoms with van der Waals surface area (Å²) in [5.41, 5.74) is 8.89. The average molecular weight is 515 g/mol. The maximum atomic E-state index is 12.2. The zero-order valence-electron chi connectivity index (χ0n) is 23.5. The van der Waals surface area contributed by atoms with Gasteiger partial charge >= 0.3 is 0 Å². The highest BCUT2D eigenvalue weighted by molar-refractivity contribution is 6.18. The van der Waals surface area contributed by atoms with Gasteiger partial charge in [0.2, 0.25) is 11.3 Å². The molecule has 8 rings (SSSR count). The first-order valence-corrected chi connectivity index (χ1v) is 13.6. The number of nitrogens with zero attached hydrogens (tertiary/aromatic N) is 3. The van der Waals surface area contributed by atoms with Crippen LogP contribution in [0.5, 0.6) is 0 Å². The van der Waals surface area contributed by atoms with Gasteiger partial charge in [0.15, 0.2) is 11.2 Å². The van der Waals surface area contributed by atoms with Gasteiger partial charge in [0.25, 0.3) is 6.33 Å². The smallest absolute Gasteiger partial charge is 0.288 e. The molecule has 6 aromatic rings. The maximum absolute atomic E-state index is 12.2. The van der Waals surface area contributed by atoms with E-state index in [-0.39, 0.29) is 0 Å². The highest BCUT2D eigenvalue weighted by Gasteiger charge is 2.91. The van der Waals surface area contributed by atoms with Crippen molar-refractivity contribution in [3.05, 3.63) is 83.2 Å². The Kier molecular flexibility index (Phi) is 4.06. The van der Waals surface area contributed by atoms with Gasteiger partial charge in [0.05, 0.1) is 10.9 Å². The van der Waals surface area contributed by atoms with Crippen LogP contribution in [0.4, 0.5) is 0 Å². The molecule has 194 valence electrons. The number of hydrogen-bond acceptors (Lipinski definition) is 3. The summed E-state index contributed by atoms with van der Waals surface area (Å²) in [6.45, 7) is 10.8. The van der Waals surface area contributed by atoms with Crippen LogP contribution in [0.2, 0.25) is 0 Å². The van der Waals surface area contributed by atoms with Gasteiger partial charge in [-0.05, 0) is 84.6 Å². The molecule has 5 nitrogen and oxygen atoms in total. The highest BCUT2D eigenvalue weighted by Crippen LogP contribution is 2.72. The van der Waals surface area contributed by atoms with E-state index in [1.807, 2.05) is 6.33 Å². The first-order valence-electron chi connectivity index (χ1n) is 13.6. The van der Waals surface area contributed by atoms with Gasteiger partial charge in [-0.3, -0.25) is 0 Å². The minimum atomic E-state index is -1.39. The van der Waals surface area contributed by atoms with Crippen molar-refractivity contribution in [1.29, 1.82) is 0 Å². The number of aromatic nitrogens is 3. The lowest BCUT2D eigenvalue weighted by atomic mass is 9.78.